The lowest BCUT2D eigenvalue weighted by atomic mass is 10.1. The summed E-state index contributed by atoms with van der Waals surface area (Å²) < 4.78 is 8.33. The molecule has 0 aliphatic carbocycles. The highest BCUT2D eigenvalue weighted by Crippen LogP contribution is 2.19. The topological polar surface area (TPSA) is 56.1 Å². The van der Waals surface area contributed by atoms with E-state index >= 15 is 0 Å². The number of aromatic nitrogens is 2. The fourth-order valence-electron chi connectivity index (χ4n) is 4.19. The maximum Gasteiger partial charge on any atom is 0.224 e. The summed E-state index contributed by atoms with van der Waals surface area (Å²) in [6, 6.07) is 26.3. The summed E-state index contributed by atoms with van der Waals surface area (Å²) in [5.41, 5.74) is 4.38. The molecule has 1 N–H and O–H groups in total. The summed E-state index contributed by atoms with van der Waals surface area (Å²) in [6.07, 6.45) is 4.41. The van der Waals surface area contributed by atoms with Crippen molar-refractivity contribution in [3.05, 3.63) is 95.8 Å². The molecule has 4 rings (SSSR count). The normalized spacial score (nSPS) is 11.0. The van der Waals surface area contributed by atoms with E-state index in [1.165, 1.54) is 0 Å². The van der Waals surface area contributed by atoms with Crippen molar-refractivity contribution in [2.45, 2.75) is 45.6 Å². The fraction of sp³-hybridized carbons (Fsp3) is 0.310. The number of aryl methyl sites for hydroxylation is 2. The van der Waals surface area contributed by atoms with Crippen LogP contribution in [0.5, 0.6) is 5.75 Å². The first-order chi connectivity index (χ1) is 16.7. The van der Waals surface area contributed by atoms with Gasteiger partial charge in [0.25, 0.3) is 0 Å². The van der Waals surface area contributed by atoms with Gasteiger partial charge in [-0.25, -0.2) is 4.98 Å². The highest BCUT2D eigenvalue weighted by molar-refractivity contribution is 5.78. The van der Waals surface area contributed by atoms with Crippen molar-refractivity contribution in [3.63, 3.8) is 0 Å². The minimum Gasteiger partial charge on any atom is -0.491 e. The Hall–Kier alpha value is -3.60. The van der Waals surface area contributed by atoms with E-state index < -0.39 is 0 Å². The Morgan fingerprint density at radius 3 is 2.53 bits per heavy atom. The number of carbonyl (C=O) groups excluding carboxylic acids is 1. The van der Waals surface area contributed by atoms with Gasteiger partial charge in [-0.15, -0.1) is 0 Å². The third-order valence-electron chi connectivity index (χ3n) is 6.01. The predicted molar refractivity (Wildman–Crippen MR) is 137 cm³/mol. The van der Waals surface area contributed by atoms with E-state index in [1.54, 1.807) is 0 Å². The molecule has 1 heterocycles. The highest BCUT2D eigenvalue weighted by atomic mass is 16.5. The summed E-state index contributed by atoms with van der Waals surface area (Å²) >= 11 is 0. The third-order valence-corrected chi connectivity index (χ3v) is 6.01. The molecule has 5 nitrogen and oxygen atoms in total. The maximum atomic E-state index is 12.1. The van der Waals surface area contributed by atoms with Crippen molar-refractivity contribution in [3.8, 4) is 5.75 Å². The Morgan fingerprint density at radius 2 is 1.68 bits per heavy atom. The Balaban J connectivity index is 1.24. The molecule has 0 spiro atoms. The average molecular weight is 456 g/mol. The van der Waals surface area contributed by atoms with Crippen molar-refractivity contribution < 1.29 is 9.53 Å². The van der Waals surface area contributed by atoms with Crippen molar-refractivity contribution in [1.29, 1.82) is 0 Å². The second-order valence-corrected chi connectivity index (χ2v) is 8.61. The van der Waals surface area contributed by atoms with Gasteiger partial charge in [-0.1, -0.05) is 67.1 Å². The zero-order chi connectivity index (χ0) is 23.6. The summed E-state index contributed by atoms with van der Waals surface area (Å²) in [6.45, 7) is 4.15. The minimum absolute atomic E-state index is 0.0849. The number of unbranched alkanes of at least 4 members (excludes halogenated alkanes) is 2. The van der Waals surface area contributed by atoms with Crippen LogP contribution in [0.2, 0.25) is 0 Å². The van der Waals surface area contributed by atoms with Gasteiger partial charge < -0.3 is 14.6 Å². The number of ether oxygens (including phenoxy) is 1. The smallest absolute Gasteiger partial charge is 0.224 e. The number of hydrogen-bond donors (Lipinski definition) is 1. The van der Waals surface area contributed by atoms with Crippen LogP contribution >= 0.6 is 0 Å². The maximum absolute atomic E-state index is 12.1. The van der Waals surface area contributed by atoms with Crippen molar-refractivity contribution in [1.82, 2.24) is 14.9 Å². The van der Waals surface area contributed by atoms with Gasteiger partial charge in [0.05, 0.1) is 24.0 Å². The average Bonchev–Trinajstić information content (AvgIpc) is 3.20. The highest BCUT2D eigenvalue weighted by Gasteiger charge is 2.11. The lowest BCUT2D eigenvalue weighted by Crippen LogP contribution is -2.26. The molecule has 0 saturated carbocycles. The van der Waals surface area contributed by atoms with E-state index in [4.69, 9.17) is 9.72 Å². The van der Waals surface area contributed by atoms with Gasteiger partial charge >= 0.3 is 0 Å². The quantitative estimate of drug-likeness (QED) is 0.287. The summed E-state index contributed by atoms with van der Waals surface area (Å²) in [5.74, 6) is 2.12. The van der Waals surface area contributed by atoms with Gasteiger partial charge in [-0.2, -0.15) is 0 Å². The Morgan fingerprint density at radius 1 is 0.912 bits per heavy atom. The first-order valence-electron chi connectivity index (χ1n) is 12.1. The summed E-state index contributed by atoms with van der Waals surface area (Å²) in [5, 5.41) is 3.03. The SMILES string of the molecule is Cc1ccccc1OCCn1c(CCCCCNC(=O)Cc2ccccc2)nc2ccccc21. The number of nitrogens with one attached hydrogen (secondary N) is 1. The second kappa shape index (κ2) is 12.0. The molecule has 0 fully saturated rings. The van der Waals surface area contributed by atoms with Gasteiger partial charge in [0, 0.05) is 13.0 Å². The molecule has 1 aromatic heterocycles. The van der Waals surface area contributed by atoms with Crippen molar-refractivity contribution in [2.75, 3.05) is 13.2 Å². The Bertz CT molecular complexity index is 1200. The van der Waals surface area contributed by atoms with E-state index in [9.17, 15) is 4.79 Å². The molecule has 0 atom stereocenters. The zero-order valence-corrected chi connectivity index (χ0v) is 19.9. The number of benzene rings is 3. The third kappa shape index (κ3) is 6.47. The molecule has 0 saturated heterocycles. The lowest BCUT2D eigenvalue weighted by molar-refractivity contribution is -0.120. The number of rotatable bonds is 12. The molecule has 3 aromatic carbocycles. The van der Waals surface area contributed by atoms with E-state index in [0.717, 1.165) is 66.0 Å². The molecule has 4 aromatic rings. The molecular weight excluding hydrogens is 422 g/mol. The van der Waals surface area contributed by atoms with E-state index in [1.807, 2.05) is 54.6 Å². The first kappa shape index (κ1) is 23.6. The van der Waals surface area contributed by atoms with Crippen LogP contribution < -0.4 is 10.1 Å². The number of carbonyl (C=O) groups is 1. The fourth-order valence-corrected chi connectivity index (χ4v) is 4.19. The molecule has 0 aliphatic heterocycles. The van der Waals surface area contributed by atoms with Gasteiger partial charge in [-0.3, -0.25) is 4.79 Å². The predicted octanol–water partition coefficient (Wildman–Crippen LogP) is 5.50. The van der Waals surface area contributed by atoms with Gasteiger partial charge in [0.2, 0.25) is 5.91 Å². The van der Waals surface area contributed by atoms with E-state index in [2.05, 4.69) is 41.1 Å². The molecule has 0 radical (unpaired) electrons. The van der Waals surface area contributed by atoms with Gasteiger partial charge in [-0.05, 0) is 49.1 Å². The molecular formula is C29H33N3O2. The molecule has 1 amide bonds. The summed E-state index contributed by atoms with van der Waals surface area (Å²) in [4.78, 5) is 17.0. The van der Waals surface area contributed by atoms with E-state index in [-0.39, 0.29) is 5.91 Å². The number of para-hydroxylation sites is 3. The van der Waals surface area contributed by atoms with Crippen LogP contribution in [0, 0.1) is 6.92 Å². The summed E-state index contributed by atoms with van der Waals surface area (Å²) in [7, 11) is 0. The monoisotopic (exact) mass is 455 g/mol. The molecule has 0 bridgehead atoms. The van der Waals surface area contributed by atoms with Crippen LogP contribution in [0.25, 0.3) is 11.0 Å². The van der Waals surface area contributed by atoms with Crippen LogP contribution in [-0.2, 0) is 24.2 Å². The van der Waals surface area contributed by atoms with Gasteiger partial charge in [0.15, 0.2) is 0 Å². The molecule has 34 heavy (non-hydrogen) atoms. The zero-order valence-electron chi connectivity index (χ0n) is 19.9. The second-order valence-electron chi connectivity index (χ2n) is 8.61. The van der Waals surface area contributed by atoms with Crippen LogP contribution in [-0.4, -0.2) is 28.6 Å². The molecule has 5 heteroatoms. The van der Waals surface area contributed by atoms with Crippen LogP contribution in [0.3, 0.4) is 0 Å². The number of hydrogen-bond acceptors (Lipinski definition) is 3. The Labute approximate surface area is 201 Å². The minimum atomic E-state index is 0.0849. The number of amides is 1. The van der Waals surface area contributed by atoms with Crippen LogP contribution in [0.4, 0.5) is 0 Å². The number of fused-ring (bicyclic) bond motifs is 1. The van der Waals surface area contributed by atoms with Crippen LogP contribution in [0.1, 0.15) is 36.2 Å². The van der Waals surface area contributed by atoms with Crippen molar-refractivity contribution in [2.24, 2.45) is 0 Å². The molecule has 0 unspecified atom stereocenters. The van der Waals surface area contributed by atoms with E-state index in [0.29, 0.717) is 19.6 Å². The Kier molecular flexibility index (Phi) is 8.33. The van der Waals surface area contributed by atoms with Crippen molar-refractivity contribution >= 4 is 16.9 Å². The standard InChI is InChI=1S/C29H33N3O2/c1-23-12-7-10-17-27(23)34-21-20-32-26-16-9-8-15-25(26)31-28(32)18-6-3-11-19-30-29(33)22-24-13-4-2-5-14-24/h2,4-5,7-10,12-17H,3,6,11,18-22H2,1H3,(H,30,33). The lowest BCUT2D eigenvalue weighted by Gasteiger charge is -2.12. The largest absolute Gasteiger partial charge is 0.491 e. The van der Waals surface area contributed by atoms with Crippen LogP contribution in [0.15, 0.2) is 78.9 Å². The van der Waals surface area contributed by atoms with Gasteiger partial charge in [0.1, 0.15) is 18.2 Å². The molecule has 0 aliphatic rings. The first-order valence-corrected chi connectivity index (χ1v) is 12.1. The molecule has 176 valence electrons. The number of imidazole rings is 1. The number of nitrogens with zero attached hydrogens (tertiary/aromatic N) is 2.